The van der Waals surface area contributed by atoms with E-state index in [2.05, 4.69) is 6.07 Å². The van der Waals surface area contributed by atoms with E-state index in [0.717, 1.165) is 5.56 Å². The molecule has 0 aliphatic carbocycles. The summed E-state index contributed by atoms with van der Waals surface area (Å²) in [6.07, 6.45) is 0.676. The van der Waals surface area contributed by atoms with E-state index in [1.165, 1.54) is 6.07 Å². The molecule has 1 aromatic rings. The molecule has 0 unspecified atom stereocenters. The molecule has 0 amide bonds. The van der Waals surface area contributed by atoms with E-state index in [4.69, 9.17) is 10.4 Å². The molecule has 0 atom stereocenters. The van der Waals surface area contributed by atoms with Crippen LogP contribution in [0.2, 0.25) is 0 Å². The quantitative estimate of drug-likeness (QED) is 0.775. The zero-order valence-electron chi connectivity index (χ0n) is 8.16. The molecular formula is C11H11NO2. The van der Waals surface area contributed by atoms with Gasteiger partial charge in [-0.3, -0.25) is 0 Å². The van der Waals surface area contributed by atoms with Crippen molar-refractivity contribution in [3.8, 4) is 6.07 Å². The fourth-order valence-electron chi connectivity index (χ4n) is 1.55. The molecule has 3 nitrogen and oxygen atoms in total. The molecule has 0 bridgehead atoms. The minimum atomic E-state index is -0.943. The summed E-state index contributed by atoms with van der Waals surface area (Å²) in [5, 5.41) is 17.7. The molecule has 1 rings (SSSR count). The van der Waals surface area contributed by atoms with Crippen molar-refractivity contribution in [1.82, 2.24) is 0 Å². The Bertz CT molecular complexity index is 416. The van der Waals surface area contributed by atoms with E-state index in [0.29, 0.717) is 17.5 Å². The molecule has 0 fully saturated rings. The Balaban J connectivity index is 3.44. The van der Waals surface area contributed by atoms with Gasteiger partial charge in [0.1, 0.15) is 0 Å². The molecule has 14 heavy (non-hydrogen) atoms. The van der Waals surface area contributed by atoms with Crippen LogP contribution in [0.4, 0.5) is 0 Å². The lowest BCUT2D eigenvalue weighted by Crippen LogP contribution is -2.04. The summed E-state index contributed by atoms with van der Waals surface area (Å²) < 4.78 is 0. The molecule has 1 aromatic carbocycles. The zero-order chi connectivity index (χ0) is 10.7. The van der Waals surface area contributed by atoms with Crippen LogP contribution < -0.4 is 0 Å². The summed E-state index contributed by atoms with van der Waals surface area (Å²) in [7, 11) is 0. The lowest BCUT2D eigenvalue weighted by atomic mass is 9.96. The SMILES string of the molecule is CCc1c(C#N)ccc(C(=O)O)c1C. The van der Waals surface area contributed by atoms with Crippen LogP contribution in [0.25, 0.3) is 0 Å². The second-order valence-corrected chi connectivity index (χ2v) is 3.03. The minimum Gasteiger partial charge on any atom is -0.478 e. The molecular weight excluding hydrogens is 178 g/mol. The first-order valence-corrected chi connectivity index (χ1v) is 4.37. The molecule has 0 saturated carbocycles. The molecule has 3 heteroatoms. The van der Waals surface area contributed by atoms with Gasteiger partial charge in [-0.1, -0.05) is 6.92 Å². The lowest BCUT2D eigenvalue weighted by Gasteiger charge is -2.08. The van der Waals surface area contributed by atoms with Crippen molar-refractivity contribution >= 4 is 5.97 Å². The molecule has 1 N–H and O–H groups in total. The molecule has 72 valence electrons. The second-order valence-electron chi connectivity index (χ2n) is 3.03. The maximum Gasteiger partial charge on any atom is 0.335 e. The first-order valence-electron chi connectivity index (χ1n) is 4.37. The summed E-state index contributed by atoms with van der Waals surface area (Å²) in [5.74, 6) is -0.943. The Morgan fingerprint density at radius 1 is 1.57 bits per heavy atom. The monoisotopic (exact) mass is 189 g/mol. The normalized spacial score (nSPS) is 9.50. The average Bonchev–Trinajstić information content (AvgIpc) is 2.16. The Kier molecular flexibility index (Phi) is 2.88. The molecule has 0 spiro atoms. The Morgan fingerprint density at radius 2 is 2.21 bits per heavy atom. The summed E-state index contributed by atoms with van der Waals surface area (Å²) in [4.78, 5) is 10.8. The van der Waals surface area contributed by atoms with Crippen LogP contribution in [0.3, 0.4) is 0 Å². The van der Waals surface area contributed by atoms with E-state index in [1.807, 2.05) is 6.92 Å². The number of carboxylic acid groups (broad SMARTS) is 1. The van der Waals surface area contributed by atoms with Crippen LogP contribution in [0.15, 0.2) is 12.1 Å². The fraction of sp³-hybridized carbons (Fsp3) is 0.273. The van der Waals surface area contributed by atoms with E-state index in [9.17, 15) is 4.79 Å². The van der Waals surface area contributed by atoms with E-state index in [-0.39, 0.29) is 5.56 Å². The van der Waals surface area contributed by atoms with Crippen LogP contribution in [-0.2, 0) is 6.42 Å². The van der Waals surface area contributed by atoms with Crippen LogP contribution in [0.5, 0.6) is 0 Å². The number of aromatic carboxylic acids is 1. The van der Waals surface area contributed by atoms with Crippen LogP contribution >= 0.6 is 0 Å². The van der Waals surface area contributed by atoms with Gasteiger partial charge in [0.25, 0.3) is 0 Å². The van der Waals surface area contributed by atoms with E-state index in [1.54, 1.807) is 13.0 Å². The summed E-state index contributed by atoms with van der Waals surface area (Å²) in [6, 6.07) is 5.11. The standard InChI is InChI=1S/C11H11NO2/c1-3-9-7(2)10(11(13)14)5-4-8(9)6-12/h4-5H,3H2,1-2H3,(H,13,14). The van der Waals surface area contributed by atoms with Gasteiger partial charge < -0.3 is 5.11 Å². The summed E-state index contributed by atoms with van der Waals surface area (Å²) in [6.45, 7) is 3.65. The predicted molar refractivity (Wildman–Crippen MR) is 52.2 cm³/mol. The number of hydrogen-bond acceptors (Lipinski definition) is 2. The number of benzene rings is 1. The highest BCUT2D eigenvalue weighted by molar-refractivity contribution is 5.90. The van der Waals surface area contributed by atoms with Gasteiger partial charge in [0, 0.05) is 0 Å². The molecule has 0 aliphatic rings. The van der Waals surface area contributed by atoms with Crippen LogP contribution in [-0.4, -0.2) is 11.1 Å². The number of carboxylic acids is 1. The predicted octanol–water partition coefficient (Wildman–Crippen LogP) is 2.13. The largest absolute Gasteiger partial charge is 0.478 e. The van der Waals surface area contributed by atoms with Crippen molar-refractivity contribution in [1.29, 1.82) is 5.26 Å². The van der Waals surface area contributed by atoms with Gasteiger partial charge in [-0.2, -0.15) is 5.26 Å². The van der Waals surface area contributed by atoms with Crippen molar-refractivity contribution < 1.29 is 9.90 Å². The van der Waals surface area contributed by atoms with Gasteiger partial charge in [-0.15, -0.1) is 0 Å². The van der Waals surface area contributed by atoms with Crippen molar-refractivity contribution in [3.63, 3.8) is 0 Å². The van der Waals surface area contributed by atoms with E-state index >= 15 is 0 Å². The third kappa shape index (κ3) is 1.60. The van der Waals surface area contributed by atoms with Gasteiger partial charge >= 0.3 is 5.97 Å². The smallest absolute Gasteiger partial charge is 0.335 e. The molecule has 0 aromatic heterocycles. The van der Waals surface area contributed by atoms with E-state index < -0.39 is 5.97 Å². The van der Waals surface area contributed by atoms with Gasteiger partial charge in [-0.25, -0.2) is 4.79 Å². The first kappa shape index (κ1) is 10.3. The third-order valence-corrected chi connectivity index (χ3v) is 2.30. The maximum absolute atomic E-state index is 10.8. The van der Waals surface area contributed by atoms with Gasteiger partial charge in [0.05, 0.1) is 17.2 Å². The Hall–Kier alpha value is -1.82. The highest BCUT2D eigenvalue weighted by atomic mass is 16.4. The van der Waals surface area contributed by atoms with Gasteiger partial charge in [0.15, 0.2) is 0 Å². The highest BCUT2D eigenvalue weighted by Gasteiger charge is 2.12. The summed E-state index contributed by atoms with van der Waals surface area (Å²) in [5.41, 5.74) is 2.36. The van der Waals surface area contributed by atoms with Crippen molar-refractivity contribution in [3.05, 3.63) is 34.4 Å². The number of rotatable bonds is 2. The number of nitriles is 1. The Morgan fingerprint density at radius 3 is 2.64 bits per heavy atom. The minimum absolute atomic E-state index is 0.279. The summed E-state index contributed by atoms with van der Waals surface area (Å²) >= 11 is 0. The van der Waals surface area contributed by atoms with Crippen molar-refractivity contribution in [2.45, 2.75) is 20.3 Å². The van der Waals surface area contributed by atoms with Gasteiger partial charge in [-0.05, 0) is 36.6 Å². The topological polar surface area (TPSA) is 61.1 Å². The first-order chi connectivity index (χ1) is 6.61. The average molecular weight is 189 g/mol. The van der Waals surface area contributed by atoms with Crippen LogP contribution in [0.1, 0.15) is 34.0 Å². The Labute approximate surface area is 82.6 Å². The van der Waals surface area contributed by atoms with Crippen LogP contribution in [0, 0.1) is 18.3 Å². The zero-order valence-corrected chi connectivity index (χ0v) is 8.16. The van der Waals surface area contributed by atoms with Crippen molar-refractivity contribution in [2.24, 2.45) is 0 Å². The molecule has 0 aliphatic heterocycles. The second kappa shape index (κ2) is 3.93. The van der Waals surface area contributed by atoms with Gasteiger partial charge in [0.2, 0.25) is 0 Å². The molecule has 0 saturated heterocycles. The molecule has 0 radical (unpaired) electrons. The molecule has 0 heterocycles. The number of carbonyl (C=O) groups is 1. The number of hydrogen-bond donors (Lipinski definition) is 1. The lowest BCUT2D eigenvalue weighted by molar-refractivity contribution is 0.0696. The fourth-order valence-corrected chi connectivity index (χ4v) is 1.55. The third-order valence-electron chi connectivity index (χ3n) is 2.30. The number of nitrogens with zero attached hydrogens (tertiary/aromatic N) is 1. The van der Waals surface area contributed by atoms with Crippen molar-refractivity contribution in [2.75, 3.05) is 0 Å². The maximum atomic E-state index is 10.8. The highest BCUT2D eigenvalue weighted by Crippen LogP contribution is 2.18.